The Kier molecular flexibility index (Phi) is 4.95. The zero-order valence-corrected chi connectivity index (χ0v) is 12.4. The standard InChI is InChI=1S/C14H21N5O3/c1-2-19-14(15)11(8-18-19)17-7-9-5-13(22)10(6-12(9)21)16-3-4-20/h5-6,8,16-17,20-22H,2-4,7,15H2,1H3. The Balaban J connectivity index is 2.09. The first kappa shape index (κ1) is 15.8. The first-order valence-electron chi connectivity index (χ1n) is 7.01. The molecule has 0 saturated heterocycles. The fourth-order valence-corrected chi connectivity index (χ4v) is 2.07. The molecule has 2 rings (SSSR count). The lowest BCUT2D eigenvalue weighted by molar-refractivity contribution is 0.311. The average molecular weight is 307 g/mol. The Morgan fingerprint density at radius 1 is 1.18 bits per heavy atom. The number of hydrogen-bond donors (Lipinski definition) is 6. The predicted molar refractivity (Wildman–Crippen MR) is 85.0 cm³/mol. The first-order valence-corrected chi connectivity index (χ1v) is 7.01. The van der Waals surface area contributed by atoms with Gasteiger partial charge in [-0.25, -0.2) is 4.68 Å². The van der Waals surface area contributed by atoms with Crippen LogP contribution in [0.5, 0.6) is 11.5 Å². The van der Waals surface area contributed by atoms with Gasteiger partial charge in [0.25, 0.3) is 0 Å². The summed E-state index contributed by atoms with van der Waals surface area (Å²) in [5.41, 5.74) is 7.48. The third-order valence-corrected chi connectivity index (χ3v) is 3.27. The van der Waals surface area contributed by atoms with E-state index in [-0.39, 0.29) is 24.7 Å². The van der Waals surface area contributed by atoms with Gasteiger partial charge < -0.3 is 31.7 Å². The summed E-state index contributed by atoms with van der Waals surface area (Å²) >= 11 is 0. The van der Waals surface area contributed by atoms with E-state index in [1.54, 1.807) is 10.9 Å². The molecule has 1 aromatic heterocycles. The molecule has 0 radical (unpaired) electrons. The van der Waals surface area contributed by atoms with Crippen LogP contribution in [0.2, 0.25) is 0 Å². The van der Waals surface area contributed by atoms with Gasteiger partial charge in [0.2, 0.25) is 0 Å². The molecule has 0 spiro atoms. The predicted octanol–water partition coefficient (Wildman–Crippen LogP) is 0.913. The Morgan fingerprint density at radius 3 is 2.59 bits per heavy atom. The van der Waals surface area contributed by atoms with Gasteiger partial charge in [-0.1, -0.05) is 0 Å². The van der Waals surface area contributed by atoms with Crippen LogP contribution in [0.3, 0.4) is 0 Å². The smallest absolute Gasteiger partial charge is 0.145 e. The second-order valence-electron chi connectivity index (χ2n) is 4.76. The van der Waals surface area contributed by atoms with Crippen molar-refractivity contribution in [1.82, 2.24) is 9.78 Å². The van der Waals surface area contributed by atoms with E-state index in [1.807, 2.05) is 6.92 Å². The van der Waals surface area contributed by atoms with E-state index in [9.17, 15) is 10.2 Å². The van der Waals surface area contributed by atoms with Crippen molar-refractivity contribution < 1.29 is 15.3 Å². The van der Waals surface area contributed by atoms with Crippen LogP contribution < -0.4 is 16.4 Å². The molecule has 0 saturated carbocycles. The Labute approximate surface area is 128 Å². The minimum Gasteiger partial charge on any atom is -0.508 e. The summed E-state index contributed by atoms with van der Waals surface area (Å²) in [5, 5.41) is 38.7. The summed E-state index contributed by atoms with van der Waals surface area (Å²) in [6.07, 6.45) is 1.62. The number of aromatic nitrogens is 2. The normalized spacial score (nSPS) is 10.6. The van der Waals surface area contributed by atoms with Crippen molar-refractivity contribution in [2.24, 2.45) is 0 Å². The Hall–Kier alpha value is -2.61. The zero-order chi connectivity index (χ0) is 16.1. The van der Waals surface area contributed by atoms with E-state index in [4.69, 9.17) is 10.8 Å². The molecule has 0 unspecified atom stereocenters. The summed E-state index contributed by atoms with van der Waals surface area (Å²) < 4.78 is 1.65. The molecule has 0 atom stereocenters. The van der Waals surface area contributed by atoms with Crippen molar-refractivity contribution in [3.8, 4) is 11.5 Å². The van der Waals surface area contributed by atoms with E-state index < -0.39 is 0 Å². The van der Waals surface area contributed by atoms with Crippen LogP contribution in [0.25, 0.3) is 0 Å². The van der Waals surface area contributed by atoms with Gasteiger partial charge in [0, 0.05) is 31.3 Å². The highest BCUT2D eigenvalue weighted by atomic mass is 16.3. The van der Waals surface area contributed by atoms with E-state index in [2.05, 4.69) is 15.7 Å². The quantitative estimate of drug-likeness (QED) is 0.331. The molecule has 1 aromatic carbocycles. The van der Waals surface area contributed by atoms with Gasteiger partial charge in [0.1, 0.15) is 17.3 Å². The molecule has 0 amide bonds. The molecule has 0 fully saturated rings. The van der Waals surface area contributed by atoms with E-state index in [0.29, 0.717) is 35.8 Å². The minimum atomic E-state index is -0.0653. The number of aromatic hydroxyl groups is 2. The maximum Gasteiger partial charge on any atom is 0.145 e. The molecule has 1 heterocycles. The largest absolute Gasteiger partial charge is 0.508 e. The fraction of sp³-hybridized carbons (Fsp3) is 0.357. The molecule has 7 N–H and O–H groups in total. The van der Waals surface area contributed by atoms with Crippen LogP contribution in [0.4, 0.5) is 17.2 Å². The van der Waals surface area contributed by atoms with Gasteiger partial charge in [-0.05, 0) is 13.0 Å². The highest BCUT2D eigenvalue weighted by Gasteiger charge is 2.10. The number of anilines is 3. The number of aliphatic hydroxyl groups excluding tert-OH is 1. The summed E-state index contributed by atoms with van der Waals surface area (Å²) in [4.78, 5) is 0. The van der Waals surface area contributed by atoms with Gasteiger partial charge in [-0.3, -0.25) is 0 Å². The third-order valence-electron chi connectivity index (χ3n) is 3.27. The van der Waals surface area contributed by atoms with E-state index in [1.165, 1.54) is 12.1 Å². The summed E-state index contributed by atoms with van der Waals surface area (Å²) in [7, 11) is 0. The summed E-state index contributed by atoms with van der Waals surface area (Å²) in [6, 6.07) is 2.88. The van der Waals surface area contributed by atoms with Crippen LogP contribution >= 0.6 is 0 Å². The second kappa shape index (κ2) is 6.90. The number of nitrogens with two attached hydrogens (primary N) is 1. The molecule has 0 aliphatic heterocycles. The van der Waals surface area contributed by atoms with Crippen LogP contribution in [-0.2, 0) is 13.1 Å². The highest BCUT2D eigenvalue weighted by Crippen LogP contribution is 2.32. The second-order valence-corrected chi connectivity index (χ2v) is 4.76. The van der Waals surface area contributed by atoms with Crippen molar-refractivity contribution in [3.05, 3.63) is 23.9 Å². The van der Waals surface area contributed by atoms with Crippen LogP contribution in [0, 0.1) is 0 Å². The van der Waals surface area contributed by atoms with Crippen LogP contribution in [0.15, 0.2) is 18.3 Å². The third kappa shape index (κ3) is 3.34. The number of phenols is 2. The molecule has 8 nitrogen and oxygen atoms in total. The van der Waals surface area contributed by atoms with Gasteiger partial charge in [-0.15, -0.1) is 0 Å². The molecule has 0 aliphatic rings. The number of benzene rings is 1. The minimum absolute atomic E-state index is 0.000255. The summed E-state index contributed by atoms with van der Waals surface area (Å²) in [6.45, 7) is 3.13. The number of nitrogens with one attached hydrogen (secondary N) is 2. The van der Waals surface area contributed by atoms with Gasteiger partial charge in [0.15, 0.2) is 0 Å². The van der Waals surface area contributed by atoms with E-state index >= 15 is 0 Å². The van der Waals surface area contributed by atoms with Crippen LogP contribution in [-0.4, -0.2) is 38.3 Å². The Bertz CT molecular complexity index is 642. The number of nitrogen functional groups attached to an aromatic ring is 1. The van der Waals surface area contributed by atoms with Crippen molar-refractivity contribution in [3.63, 3.8) is 0 Å². The topological polar surface area (TPSA) is 129 Å². The molecule has 0 aliphatic carbocycles. The van der Waals surface area contributed by atoms with Gasteiger partial charge >= 0.3 is 0 Å². The lowest BCUT2D eigenvalue weighted by Gasteiger charge is -2.12. The molecule has 0 bridgehead atoms. The average Bonchev–Trinajstić information content (AvgIpc) is 2.86. The number of hydrogen-bond acceptors (Lipinski definition) is 7. The maximum absolute atomic E-state index is 10.0. The van der Waals surface area contributed by atoms with E-state index in [0.717, 1.165) is 0 Å². The first-order chi connectivity index (χ1) is 10.6. The zero-order valence-electron chi connectivity index (χ0n) is 12.4. The Morgan fingerprint density at radius 2 is 1.95 bits per heavy atom. The maximum atomic E-state index is 10.0. The highest BCUT2D eigenvalue weighted by molar-refractivity contribution is 5.64. The fourth-order valence-electron chi connectivity index (χ4n) is 2.07. The lowest BCUT2D eigenvalue weighted by Crippen LogP contribution is -2.07. The van der Waals surface area contributed by atoms with Crippen LogP contribution in [0.1, 0.15) is 12.5 Å². The molecule has 120 valence electrons. The summed E-state index contributed by atoms with van der Waals surface area (Å²) in [5.74, 6) is 0.555. The van der Waals surface area contributed by atoms with Crippen molar-refractivity contribution >= 4 is 17.2 Å². The number of phenolic OH excluding ortho intramolecular Hbond substituents is 2. The molecule has 8 heteroatoms. The lowest BCUT2D eigenvalue weighted by atomic mass is 10.1. The molecule has 2 aromatic rings. The monoisotopic (exact) mass is 307 g/mol. The van der Waals surface area contributed by atoms with Crippen molar-refractivity contribution in [2.75, 3.05) is 29.5 Å². The molecular formula is C14H21N5O3. The molecule has 22 heavy (non-hydrogen) atoms. The number of aryl methyl sites for hydroxylation is 1. The molecular weight excluding hydrogens is 286 g/mol. The SMILES string of the molecule is CCn1ncc(NCc2cc(O)c(NCCO)cc2O)c1N. The van der Waals surface area contributed by atoms with Gasteiger partial charge in [0.05, 0.1) is 24.2 Å². The number of aliphatic hydroxyl groups is 1. The van der Waals surface area contributed by atoms with Gasteiger partial charge in [-0.2, -0.15) is 5.10 Å². The van der Waals surface area contributed by atoms with Crippen molar-refractivity contribution in [2.45, 2.75) is 20.0 Å². The van der Waals surface area contributed by atoms with Crippen molar-refractivity contribution in [1.29, 1.82) is 0 Å². The number of nitrogens with zero attached hydrogens (tertiary/aromatic N) is 2. The number of rotatable bonds is 7.